The van der Waals surface area contributed by atoms with Crippen LogP contribution in [0.3, 0.4) is 0 Å². The van der Waals surface area contributed by atoms with Crippen molar-refractivity contribution in [1.29, 1.82) is 0 Å². The Balaban J connectivity index is 1.70. The van der Waals surface area contributed by atoms with Crippen molar-refractivity contribution in [1.82, 2.24) is 10.3 Å². The van der Waals surface area contributed by atoms with Crippen molar-refractivity contribution in [2.45, 2.75) is 52.1 Å². The van der Waals surface area contributed by atoms with Crippen LogP contribution in [0.4, 0.5) is 0 Å². The highest BCUT2D eigenvalue weighted by molar-refractivity contribution is 5.92. The van der Waals surface area contributed by atoms with Gasteiger partial charge in [-0.2, -0.15) is 0 Å². The molecule has 1 aliphatic carbocycles. The molecule has 0 aliphatic heterocycles. The summed E-state index contributed by atoms with van der Waals surface area (Å²) in [6, 6.07) is 5.57. The van der Waals surface area contributed by atoms with Gasteiger partial charge >= 0.3 is 0 Å². The van der Waals surface area contributed by atoms with E-state index in [1.807, 2.05) is 19.9 Å². The molecule has 3 rings (SSSR count). The molecule has 2 aromatic heterocycles. The lowest BCUT2D eigenvalue weighted by atomic mass is 9.95. The highest BCUT2D eigenvalue weighted by Gasteiger charge is 2.28. The molecule has 0 aromatic carbocycles. The number of aliphatic hydroxyl groups is 1. The van der Waals surface area contributed by atoms with Gasteiger partial charge in [0.2, 0.25) is 0 Å². The number of hydrogen-bond acceptors (Lipinski definition) is 4. The first-order valence-corrected chi connectivity index (χ1v) is 8.44. The van der Waals surface area contributed by atoms with E-state index in [1.165, 1.54) is 12.0 Å². The predicted octanol–water partition coefficient (Wildman–Crippen LogP) is 2.81. The Bertz CT molecular complexity index is 762. The van der Waals surface area contributed by atoms with Crippen LogP contribution in [0.2, 0.25) is 0 Å². The number of amides is 1. The van der Waals surface area contributed by atoms with Gasteiger partial charge in [-0.25, -0.2) is 4.98 Å². The molecule has 0 bridgehead atoms. The van der Waals surface area contributed by atoms with Crippen molar-refractivity contribution in [3.05, 3.63) is 52.2 Å². The van der Waals surface area contributed by atoms with Crippen LogP contribution in [0.5, 0.6) is 0 Å². The van der Waals surface area contributed by atoms with E-state index >= 15 is 0 Å². The molecule has 1 aliphatic rings. The van der Waals surface area contributed by atoms with Crippen molar-refractivity contribution in [2.75, 3.05) is 6.54 Å². The zero-order valence-corrected chi connectivity index (χ0v) is 14.5. The van der Waals surface area contributed by atoms with Gasteiger partial charge in [-0.05, 0) is 64.2 Å². The minimum absolute atomic E-state index is 0.102. The molecule has 2 heterocycles. The van der Waals surface area contributed by atoms with Gasteiger partial charge in [0.15, 0.2) is 0 Å². The molecule has 5 heteroatoms. The first kappa shape index (κ1) is 16.7. The van der Waals surface area contributed by atoms with Crippen molar-refractivity contribution in [3.8, 4) is 0 Å². The molecule has 24 heavy (non-hydrogen) atoms. The average Bonchev–Trinajstić information content (AvgIpc) is 2.91. The van der Waals surface area contributed by atoms with Crippen LogP contribution in [0.1, 0.15) is 58.6 Å². The number of nitrogens with zero attached hydrogens (tertiary/aromatic N) is 1. The van der Waals surface area contributed by atoms with Crippen molar-refractivity contribution < 1.29 is 14.3 Å². The predicted molar refractivity (Wildman–Crippen MR) is 91.0 cm³/mol. The lowest BCUT2D eigenvalue weighted by Gasteiger charge is -2.23. The van der Waals surface area contributed by atoms with E-state index in [1.54, 1.807) is 19.1 Å². The van der Waals surface area contributed by atoms with Crippen molar-refractivity contribution in [2.24, 2.45) is 0 Å². The number of aromatic nitrogens is 1. The number of nitrogens with one attached hydrogen (secondary N) is 1. The quantitative estimate of drug-likeness (QED) is 0.905. The molecular formula is C19H24N2O3. The number of carbonyl (C=O) groups excluding carboxylic acids is 1. The van der Waals surface area contributed by atoms with Gasteiger partial charge in [0.1, 0.15) is 22.8 Å². The lowest BCUT2D eigenvalue weighted by molar-refractivity contribution is 0.0512. The smallest absolute Gasteiger partial charge is 0.269 e. The van der Waals surface area contributed by atoms with Gasteiger partial charge in [0.05, 0.1) is 6.54 Å². The van der Waals surface area contributed by atoms with Gasteiger partial charge in [-0.1, -0.05) is 6.07 Å². The second-order valence-corrected chi connectivity index (χ2v) is 6.79. The molecule has 0 radical (unpaired) electrons. The normalized spacial score (nSPS) is 16.3. The highest BCUT2D eigenvalue weighted by atomic mass is 16.3. The number of rotatable bonds is 4. The Kier molecular flexibility index (Phi) is 4.45. The Morgan fingerprint density at radius 2 is 2.08 bits per heavy atom. The van der Waals surface area contributed by atoms with E-state index in [0.29, 0.717) is 17.0 Å². The summed E-state index contributed by atoms with van der Waals surface area (Å²) in [4.78, 5) is 16.9. The summed E-state index contributed by atoms with van der Waals surface area (Å²) in [6.45, 7) is 5.42. The largest absolute Gasteiger partial charge is 0.466 e. The van der Waals surface area contributed by atoms with Crippen LogP contribution in [0.15, 0.2) is 22.6 Å². The Morgan fingerprint density at radius 1 is 1.33 bits per heavy atom. The van der Waals surface area contributed by atoms with Crippen LogP contribution >= 0.6 is 0 Å². The molecule has 2 N–H and O–H groups in total. The van der Waals surface area contributed by atoms with Crippen LogP contribution in [-0.2, 0) is 18.4 Å². The van der Waals surface area contributed by atoms with Crippen molar-refractivity contribution >= 4 is 5.91 Å². The number of furan rings is 1. The van der Waals surface area contributed by atoms with Gasteiger partial charge < -0.3 is 14.8 Å². The minimum atomic E-state index is -1.19. The van der Waals surface area contributed by atoms with Gasteiger partial charge in [0.25, 0.3) is 5.91 Å². The third-order valence-electron chi connectivity index (χ3n) is 4.63. The molecule has 0 spiro atoms. The number of fused-ring (bicyclic) bond motifs is 1. The SMILES string of the molecule is Cc1cc(C(C)(O)CNC(=O)c2ccc3c(n2)CCCC3)c(C)o1. The summed E-state index contributed by atoms with van der Waals surface area (Å²) in [5.41, 5.74) is 2.19. The zero-order chi connectivity index (χ0) is 17.3. The third-order valence-corrected chi connectivity index (χ3v) is 4.63. The maximum absolute atomic E-state index is 12.4. The Labute approximate surface area is 142 Å². The molecule has 2 aromatic rings. The van der Waals surface area contributed by atoms with Crippen molar-refractivity contribution in [3.63, 3.8) is 0 Å². The van der Waals surface area contributed by atoms with Crippen LogP contribution < -0.4 is 5.32 Å². The zero-order valence-electron chi connectivity index (χ0n) is 14.5. The fourth-order valence-corrected chi connectivity index (χ4v) is 3.31. The van der Waals surface area contributed by atoms with Gasteiger partial charge in [0, 0.05) is 11.3 Å². The molecule has 5 nitrogen and oxygen atoms in total. The molecule has 1 amide bonds. The van der Waals surface area contributed by atoms with Crippen LogP contribution in [0.25, 0.3) is 0 Å². The summed E-state index contributed by atoms with van der Waals surface area (Å²) >= 11 is 0. The van der Waals surface area contributed by atoms with E-state index in [0.717, 1.165) is 30.7 Å². The first-order chi connectivity index (χ1) is 11.4. The van der Waals surface area contributed by atoms with Crippen LogP contribution in [-0.4, -0.2) is 22.5 Å². The molecule has 128 valence electrons. The van der Waals surface area contributed by atoms with E-state index < -0.39 is 5.60 Å². The molecule has 0 fully saturated rings. The summed E-state index contributed by atoms with van der Waals surface area (Å²) < 4.78 is 5.47. The summed E-state index contributed by atoms with van der Waals surface area (Å²) in [6.07, 6.45) is 4.28. The molecular weight excluding hydrogens is 304 g/mol. The maximum atomic E-state index is 12.4. The van der Waals surface area contributed by atoms with E-state index in [4.69, 9.17) is 4.42 Å². The first-order valence-electron chi connectivity index (χ1n) is 8.44. The summed E-state index contributed by atoms with van der Waals surface area (Å²) in [7, 11) is 0. The molecule has 1 atom stereocenters. The van der Waals surface area contributed by atoms with Gasteiger partial charge in [-0.3, -0.25) is 4.79 Å². The third kappa shape index (κ3) is 3.36. The van der Waals surface area contributed by atoms with E-state index in [-0.39, 0.29) is 12.5 Å². The summed E-state index contributed by atoms with van der Waals surface area (Å²) in [5.74, 6) is 1.14. The lowest BCUT2D eigenvalue weighted by Crippen LogP contribution is -2.39. The van der Waals surface area contributed by atoms with E-state index in [2.05, 4.69) is 10.3 Å². The van der Waals surface area contributed by atoms with E-state index in [9.17, 15) is 9.90 Å². The Hall–Kier alpha value is -2.14. The number of hydrogen-bond donors (Lipinski definition) is 2. The fourth-order valence-electron chi connectivity index (χ4n) is 3.31. The topological polar surface area (TPSA) is 75.4 Å². The van der Waals surface area contributed by atoms with Gasteiger partial charge in [-0.15, -0.1) is 0 Å². The molecule has 0 saturated heterocycles. The molecule has 1 unspecified atom stereocenters. The highest BCUT2D eigenvalue weighted by Crippen LogP contribution is 2.26. The number of pyridine rings is 1. The summed E-state index contributed by atoms with van der Waals surface area (Å²) in [5, 5.41) is 13.5. The fraction of sp³-hybridized carbons (Fsp3) is 0.474. The average molecular weight is 328 g/mol. The maximum Gasteiger partial charge on any atom is 0.269 e. The monoisotopic (exact) mass is 328 g/mol. The number of aryl methyl sites for hydroxylation is 4. The number of carbonyl (C=O) groups is 1. The molecule has 0 saturated carbocycles. The second-order valence-electron chi connectivity index (χ2n) is 6.79. The Morgan fingerprint density at radius 3 is 2.79 bits per heavy atom. The van der Waals surface area contributed by atoms with Crippen LogP contribution in [0, 0.1) is 13.8 Å². The standard InChI is InChI=1S/C19H24N2O3/c1-12-10-15(13(2)24-12)19(3,23)11-20-18(22)17-9-8-14-6-4-5-7-16(14)21-17/h8-10,23H,4-7,11H2,1-3H3,(H,20,22). The minimum Gasteiger partial charge on any atom is -0.466 e. The second kappa shape index (κ2) is 6.40.